The molecule has 2 aromatic heterocycles. The minimum Gasteiger partial charge on any atom is -0.325 e. The highest BCUT2D eigenvalue weighted by Crippen LogP contribution is 2.19. The number of carbonyl (C=O) groups is 1. The summed E-state index contributed by atoms with van der Waals surface area (Å²) in [5.41, 5.74) is 3.79. The molecule has 7 heteroatoms. The number of hydrogen-bond acceptors (Lipinski definition) is 4. The Kier molecular flexibility index (Phi) is 6.60. The molecular weight excluding hydrogens is 434 g/mol. The van der Waals surface area contributed by atoms with E-state index in [1.54, 1.807) is 11.4 Å². The van der Waals surface area contributed by atoms with E-state index in [4.69, 9.17) is 0 Å². The summed E-state index contributed by atoms with van der Waals surface area (Å²) < 4.78 is 3.00. The van der Waals surface area contributed by atoms with Crippen LogP contribution in [0.3, 0.4) is 0 Å². The third kappa shape index (κ3) is 4.68. The van der Waals surface area contributed by atoms with E-state index in [0.29, 0.717) is 21.6 Å². The van der Waals surface area contributed by atoms with Gasteiger partial charge in [-0.25, -0.2) is 9.36 Å². The van der Waals surface area contributed by atoms with E-state index in [0.717, 1.165) is 30.4 Å². The van der Waals surface area contributed by atoms with Gasteiger partial charge in [0.05, 0.1) is 11.2 Å². The summed E-state index contributed by atoms with van der Waals surface area (Å²) in [4.78, 5) is 39.5. The largest absolute Gasteiger partial charge is 0.336 e. The van der Waals surface area contributed by atoms with Gasteiger partial charge >= 0.3 is 5.69 Å². The number of thiophene rings is 1. The van der Waals surface area contributed by atoms with Crippen LogP contribution in [-0.4, -0.2) is 15.0 Å². The van der Waals surface area contributed by atoms with E-state index in [1.165, 1.54) is 26.0 Å². The van der Waals surface area contributed by atoms with Gasteiger partial charge in [-0.05, 0) is 73.0 Å². The lowest BCUT2D eigenvalue weighted by Crippen LogP contribution is -2.40. The molecule has 0 unspecified atom stereocenters. The van der Waals surface area contributed by atoms with Crippen molar-refractivity contribution in [3.8, 4) is 5.69 Å². The first-order valence-corrected chi connectivity index (χ1v) is 12.0. The van der Waals surface area contributed by atoms with E-state index >= 15 is 0 Å². The molecule has 2 heterocycles. The van der Waals surface area contributed by atoms with E-state index in [1.807, 2.05) is 56.3 Å². The second kappa shape index (κ2) is 9.58. The van der Waals surface area contributed by atoms with Crippen LogP contribution in [0.4, 0.5) is 5.69 Å². The molecule has 170 valence electrons. The Morgan fingerprint density at radius 3 is 2.52 bits per heavy atom. The highest BCUT2D eigenvalue weighted by Gasteiger charge is 2.18. The molecule has 4 aromatic rings. The molecule has 0 saturated heterocycles. The van der Waals surface area contributed by atoms with E-state index in [9.17, 15) is 14.4 Å². The van der Waals surface area contributed by atoms with Crippen LogP contribution in [-0.2, 0) is 17.8 Å². The number of anilines is 1. The van der Waals surface area contributed by atoms with Gasteiger partial charge in [-0.3, -0.25) is 14.2 Å². The number of aryl methyl sites for hydroxylation is 3. The van der Waals surface area contributed by atoms with Crippen molar-refractivity contribution in [1.29, 1.82) is 0 Å². The monoisotopic (exact) mass is 461 g/mol. The van der Waals surface area contributed by atoms with Crippen LogP contribution < -0.4 is 16.6 Å². The molecule has 0 atom stereocenters. The Morgan fingerprint density at radius 2 is 1.79 bits per heavy atom. The Hall–Kier alpha value is -3.45. The maximum Gasteiger partial charge on any atom is 0.336 e. The fourth-order valence-corrected chi connectivity index (χ4v) is 4.72. The fraction of sp³-hybridized carbons (Fsp3) is 0.269. The lowest BCUT2D eigenvalue weighted by atomic mass is 10.1. The predicted octanol–water partition coefficient (Wildman–Crippen LogP) is 4.81. The van der Waals surface area contributed by atoms with Gasteiger partial charge in [0.2, 0.25) is 5.91 Å². The Morgan fingerprint density at radius 1 is 1.03 bits per heavy atom. The zero-order valence-corrected chi connectivity index (χ0v) is 19.9. The predicted molar refractivity (Wildman–Crippen MR) is 135 cm³/mol. The molecule has 0 aliphatic heterocycles. The molecule has 33 heavy (non-hydrogen) atoms. The summed E-state index contributed by atoms with van der Waals surface area (Å²) in [6.45, 7) is 5.75. The standard InChI is InChI=1S/C26H27N3O3S/c1-4-5-6-19-9-11-20(12-10-19)27-23(30)16-28-21-13-14-33-24(21)25(31)29(26(28)32)22-15-17(2)7-8-18(22)3/h7-15H,4-6,16H2,1-3H3,(H,27,30). The average Bonchev–Trinajstić information content (AvgIpc) is 3.29. The highest BCUT2D eigenvalue weighted by molar-refractivity contribution is 7.17. The number of fused-ring (bicyclic) bond motifs is 1. The molecule has 4 rings (SSSR count). The topological polar surface area (TPSA) is 73.1 Å². The molecule has 0 bridgehead atoms. The van der Waals surface area contributed by atoms with E-state index < -0.39 is 5.69 Å². The molecule has 1 N–H and O–H groups in total. The highest BCUT2D eigenvalue weighted by atomic mass is 32.1. The number of rotatable bonds is 7. The summed E-state index contributed by atoms with van der Waals surface area (Å²) in [5, 5.41) is 4.64. The lowest BCUT2D eigenvalue weighted by molar-refractivity contribution is -0.116. The van der Waals surface area contributed by atoms with Crippen molar-refractivity contribution in [3.63, 3.8) is 0 Å². The van der Waals surface area contributed by atoms with Crippen molar-refractivity contribution in [2.45, 2.75) is 46.6 Å². The van der Waals surface area contributed by atoms with Crippen molar-refractivity contribution in [3.05, 3.63) is 91.4 Å². The normalized spacial score (nSPS) is 11.1. The van der Waals surface area contributed by atoms with Gasteiger partial charge in [0.25, 0.3) is 5.56 Å². The molecule has 2 aromatic carbocycles. The first-order chi connectivity index (χ1) is 15.9. The Balaban J connectivity index is 1.69. The summed E-state index contributed by atoms with van der Waals surface area (Å²) in [7, 11) is 0. The fourth-order valence-electron chi connectivity index (χ4n) is 3.89. The number of unbranched alkanes of at least 4 members (excludes halogenated alkanes) is 1. The molecule has 0 fully saturated rings. The van der Waals surface area contributed by atoms with E-state index in [-0.39, 0.29) is 18.0 Å². The number of benzene rings is 2. The second-order valence-electron chi connectivity index (χ2n) is 8.28. The quantitative estimate of drug-likeness (QED) is 0.429. The minimum absolute atomic E-state index is 0.186. The summed E-state index contributed by atoms with van der Waals surface area (Å²) >= 11 is 1.27. The molecule has 0 aliphatic rings. The zero-order valence-electron chi connectivity index (χ0n) is 19.1. The van der Waals surface area contributed by atoms with Gasteiger partial charge in [-0.15, -0.1) is 11.3 Å². The van der Waals surface area contributed by atoms with Gasteiger partial charge in [0.1, 0.15) is 11.2 Å². The van der Waals surface area contributed by atoms with Gasteiger partial charge in [-0.2, -0.15) is 0 Å². The molecule has 6 nitrogen and oxygen atoms in total. The third-order valence-corrected chi connectivity index (χ3v) is 6.61. The zero-order chi connectivity index (χ0) is 23.5. The number of amides is 1. The van der Waals surface area contributed by atoms with Crippen LogP contribution in [0.2, 0.25) is 0 Å². The minimum atomic E-state index is -0.523. The Bertz CT molecular complexity index is 1430. The van der Waals surface area contributed by atoms with E-state index in [2.05, 4.69) is 12.2 Å². The van der Waals surface area contributed by atoms with Gasteiger partial charge in [-0.1, -0.05) is 37.6 Å². The van der Waals surface area contributed by atoms with Crippen molar-refractivity contribution < 1.29 is 4.79 Å². The maximum atomic E-state index is 13.4. The van der Waals surface area contributed by atoms with Crippen molar-refractivity contribution in [2.24, 2.45) is 0 Å². The van der Waals surface area contributed by atoms with Crippen LogP contribution in [0.5, 0.6) is 0 Å². The first-order valence-electron chi connectivity index (χ1n) is 11.1. The van der Waals surface area contributed by atoms with Crippen LogP contribution in [0.25, 0.3) is 15.9 Å². The molecule has 0 spiro atoms. The molecule has 1 amide bonds. The number of aromatic nitrogens is 2. The SMILES string of the molecule is CCCCc1ccc(NC(=O)Cn2c(=O)n(-c3cc(C)ccc3C)c(=O)c3sccc32)cc1. The Labute approximate surface area is 196 Å². The number of nitrogens with zero attached hydrogens (tertiary/aromatic N) is 2. The smallest absolute Gasteiger partial charge is 0.325 e. The third-order valence-electron chi connectivity index (χ3n) is 5.72. The number of nitrogens with one attached hydrogen (secondary N) is 1. The lowest BCUT2D eigenvalue weighted by Gasteiger charge is -2.14. The maximum absolute atomic E-state index is 13.4. The summed E-state index contributed by atoms with van der Waals surface area (Å²) in [5.74, 6) is -0.322. The van der Waals surface area contributed by atoms with Crippen molar-refractivity contribution >= 4 is 33.1 Å². The van der Waals surface area contributed by atoms with Crippen molar-refractivity contribution in [1.82, 2.24) is 9.13 Å². The second-order valence-corrected chi connectivity index (χ2v) is 9.20. The van der Waals surface area contributed by atoms with Crippen LogP contribution in [0, 0.1) is 13.8 Å². The molecular formula is C26H27N3O3S. The van der Waals surface area contributed by atoms with Crippen LogP contribution in [0.1, 0.15) is 36.5 Å². The number of carbonyl (C=O) groups excluding carboxylic acids is 1. The number of hydrogen-bond donors (Lipinski definition) is 1. The molecule has 0 radical (unpaired) electrons. The van der Waals surface area contributed by atoms with Crippen LogP contribution >= 0.6 is 11.3 Å². The average molecular weight is 462 g/mol. The first kappa shape index (κ1) is 22.7. The van der Waals surface area contributed by atoms with Crippen LogP contribution in [0.15, 0.2) is 63.5 Å². The summed E-state index contributed by atoms with van der Waals surface area (Å²) in [6.07, 6.45) is 3.27. The van der Waals surface area contributed by atoms with Crippen molar-refractivity contribution in [2.75, 3.05) is 5.32 Å². The molecule has 0 saturated carbocycles. The summed E-state index contributed by atoms with van der Waals surface area (Å²) in [6, 6.07) is 15.1. The van der Waals surface area contributed by atoms with Gasteiger partial charge < -0.3 is 5.32 Å². The van der Waals surface area contributed by atoms with Gasteiger partial charge in [0, 0.05) is 5.69 Å². The van der Waals surface area contributed by atoms with Gasteiger partial charge in [0.15, 0.2) is 0 Å². The molecule has 0 aliphatic carbocycles.